The number of nitriles is 1. The number of methoxy groups -OCH3 is 2. The van der Waals surface area contributed by atoms with Crippen LogP contribution in [0.3, 0.4) is 0 Å². The molecule has 2 aromatic carbocycles. The number of ether oxygens (including phenoxy) is 4. The summed E-state index contributed by atoms with van der Waals surface area (Å²) in [4.78, 5) is 41.6. The van der Waals surface area contributed by atoms with Crippen molar-refractivity contribution in [3.8, 4) is 11.8 Å². The van der Waals surface area contributed by atoms with Gasteiger partial charge < -0.3 is 29.6 Å². The maximum Gasteiger partial charge on any atom is 0.355 e. The summed E-state index contributed by atoms with van der Waals surface area (Å²) in [6, 6.07) is 17.2. The Morgan fingerprint density at radius 2 is 1.64 bits per heavy atom. The van der Waals surface area contributed by atoms with Crippen molar-refractivity contribution < 1.29 is 33.3 Å². The Labute approximate surface area is 225 Å². The number of rotatable bonds is 7. The highest BCUT2D eigenvalue weighted by atomic mass is 16.5. The summed E-state index contributed by atoms with van der Waals surface area (Å²) in [5, 5.41) is 10.1. The molecule has 1 fully saturated rings. The monoisotopic (exact) mass is 532 g/mol. The summed E-state index contributed by atoms with van der Waals surface area (Å²) in [7, 11) is 2.37. The molecule has 2 heterocycles. The molecule has 202 valence electrons. The number of nitrogens with two attached hydrogens (primary N) is 1. The highest BCUT2D eigenvalue weighted by Crippen LogP contribution is 2.43. The van der Waals surface area contributed by atoms with Crippen LogP contribution in [0.2, 0.25) is 0 Å². The van der Waals surface area contributed by atoms with Gasteiger partial charge in [-0.05, 0) is 29.8 Å². The van der Waals surface area contributed by atoms with Gasteiger partial charge in [-0.2, -0.15) is 5.26 Å². The summed E-state index contributed by atoms with van der Waals surface area (Å²) < 4.78 is 21.0. The largest absolute Gasteiger partial charge is 0.484 e. The zero-order chi connectivity index (χ0) is 27.9. The van der Waals surface area contributed by atoms with Gasteiger partial charge in [-0.25, -0.2) is 9.59 Å². The Bertz CT molecular complexity index is 1340. The first-order valence-corrected chi connectivity index (χ1v) is 12.1. The van der Waals surface area contributed by atoms with Crippen LogP contribution in [0.15, 0.2) is 77.3 Å². The number of hydrogen-bond acceptors (Lipinski definition) is 10. The minimum Gasteiger partial charge on any atom is -0.484 e. The molecular formula is C28H28N4O7. The molecule has 11 nitrogen and oxygen atoms in total. The van der Waals surface area contributed by atoms with E-state index in [4.69, 9.17) is 24.7 Å². The van der Waals surface area contributed by atoms with Gasteiger partial charge in [0.25, 0.3) is 5.91 Å². The van der Waals surface area contributed by atoms with E-state index < -0.39 is 17.9 Å². The van der Waals surface area contributed by atoms with Crippen molar-refractivity contribution in [1.82, 2.24) is 4.90 Å². The van der Waals surface area contributed by atoms with Crippen molar-refractivity contribution in [2.24, 2.45) is 5.73 Å². The standard InChI is InChI=1S/C28H28N4O7/c1-36-27(34)24-23(18-6-4-3-5-7-18)21(16-29)26(30)32(25(24)28(35)37-2)19-8-10-20(11-9-19)39-17-22(33)31-12-14-38-15-13-31/h3-11,23H,12-15,17,30H2,1-2H3. The second-order valence-electron chi connectivity index (χ2n) is 8.61. The number of nitrogens with zero attached hydrogens (tertiary/aromatic N) is 3. The minimum atomic E-state index is -0.956. The molecule has 4 rings (SSSR count). The van der Waals surface area contributed by atoms with Gasteiger partial charge in [0, 0.05) is 18.8 Å². The molecule has 1 unspecified atom stereocenters. The minimum absolute atomic E-state index is 0.0458. The van der Waals surface area contributed by atoms with Crippen LogP contribution < -0.4 is 15.4 Å². The van der Waals surface area contributed by atoms with E-state index in [-0.39, 0.29) is 35.2 Å². The number of allylic oxidation sites excluding steroid dienone is 1. The lowest BCUT2D eigenvalue weighted by Gasteiger charge is -2.35. The summed E-state index contributed by atoms with van der Waals surface area (Å²) >= 11 is 0. The molecule has 11 heteroatoms. The summed E-state index contributed by atoms with van der Waals surface area (Å²) in [5.74, 6) is -2.41. The Morgan fingerprint density at radius 1 is 1.00 bits per heavy atom. The van der Waals surface area contributed by atoms with Crippen molar-refractivity contribution >= 4 is 23.5 Å². The van der Waals surface area contributed by atoms with Crippen LogP contribution in [0, 0.1) is 11.3 Å². The van der Waals surface area contributed by atoms with Crippen LogP contribution in [-0.4, -0.2) is 69.9 Å². The van der Waals surface area contributed by atoms with E-state index in [1.54, 1.807) is 59.5 Å². The molecule has 2 aliphatic heterocycles. The first-order chi connectivity index (χ1) is 18.9. The molecule has 0 spiro atoms. The molecule has 1 amide bonds. The van der Waals surface area contributed by atoms with Crippen LogP contribution in [0.25, 0.3) is 0 Å². The first kappa shape index (κ1) is 27.2. The zero-order valence-electron chi connectivity index (χ0n) is 21.6. The average molecular weight is 533 g/mol. The van der Waals surface area contributed by atoms with Gasteiger partial charge in [0.15, 0.2) is 6.61 Å². The quantitative estimate of drug-likeness (QED) is 0.524. The smallest absolute Gasteiger partial charge is 0.355 e. The van der Waals surface area contributed by atoms with Crippen LogP contribution in [0.1, 0.15) is 11.5 Å². The van der Waals surface area contributed by atoms with Crippen LogP contribution in [0.4, 0.5) is 5.69 Å². The molecule has 39 heavy (non-hydrogen) atoms. The predicted octanol–water partition coefficient (Wildman–Crippen LogP) is 1.82. The fourth-order valence-electron chi connectivity index (χ4n) is 4.52. The van der Waals surface area contributed by atoms with E-state index in [0.29, 0.717) is 43.3 Å². The van der Waals surface area contributed by atoms with E-state index in [1.807, 2.05) is 0 Å². The Morgan fingerprint density at radius 3 is 2.23 bits per heavy atom. The molecule has 0 bridgehead atoms. The number of hydrogen-bond donors (Lipinski definition) is 1. The normalized spacial score (nSPS) is 17.4. The Kier molecular flexibility index (Phi) is 8.48. The maximum absolute atomic E-state index is 13.1. The van der Waals surface area contributed by atoms with Crippen LogP contribution in [-0.2, 0) is 28.6 Å². The first-order valence-electron chi connectivity index (χ1n) is 12.1. The van der Waals surface area contributed by atoms with E-state index in [1.165, 1.54) is 19.1 Å². The van der Waals surface area contributed by atoms with E-state index in [0.717, 1.165) is 0 Å². The highest BCUT2D eigenvalue weighted by Gasteiger charge is 2.43. The summed E-state index contributed by atoms with van der Waals surface area (Å²) in [6.07, 6.45) is 0. The molecule has 0 aliphatic carbocycles. The molecule has 2 aromatic rings. The lowest BCUT2D eigenvalue weighted by atomic mass is 9.81. The van der Waals surface area contributed by atoms with Gasteiger partial charge in [0.2, 0.25) is 0 Å². The number of benzene rings is 2. The van der Waals surface area contributed by atoms with E-state index >= 15 is 0 Å². The third kappa shape index (κ3) is 5.56. The molecule has 1 saturated heterocycles. The zero-order valence-corrected chi connectivity index (χ0v) is 21.6. The van der Waals surface area contributed by atoms with Crippen molar-refractivity contribution in [3.05, 3.63) is 82.8 Å². The van der Waals surface area contributed by atoms with Gasteiger partial charge in [-0.3, -0.25) is 9.69 Å². The number of carbonyl (C=O) groups is 3. The molecule has 0 saturated carbocycles. The van der Waals surface area contributed by atoms with Gasteiger partial charge in [-0.1, -0.05) is 30.3 Å². The fourth-order valence-corrected chi connectivity index (χ4v) is 4.52. The molecule has 0 radical (unpaired) electrons. The fraction of sp³-hybridized carbons (Fsp3) is 0.286. The number of esters is 2. The maximum atomic E-state index is 13.1. The Balaban J connectivity index is 1.72. The van der Waals surface area contributed by atoms with E-state index in [2.05, 4.69) is 6.07 Å². The van der Waals surface area contributed by atoms with Crippen molar-refractivity contribution in [1.29, 1.82) is 5.26 Å². The molecular weight excluding hydrogens is 504 g/mol. The topological polar surface area (TPSA) is 144 Å². The number of carbonyl (C=O) groups excluding carboxylic acids is 3. The predicted molar refractivity (Wildman–Crippen MR) is 139 cm³/mol. The molecule has 0 aromatic heterocycles. The lowest BCUT2D eigenvalue weighted by Crippen LogP contribution is -2.43. The van der Waals surface area contributed by atoms with Gasteiger partial charge in [0.1, 0.15) is 17.3 Å². The number of anilines is 1. The van der Waals surface area contributed by atoms with Crippen molar-refractivity contribution in [3.63, 3.8) is 0 Å². The molecule has 2 N–H and O–H groups in total. The third-order valence-corrected chi connectivity index (χ3v) is 6.43. The second kappa shape index (κ2) is 12.1. The van der Waals surface area contributed by atoms with E-state index in [9.17, 15) is 19.6 Å². The third-order valence-electron chi connectivity index (χ3n) is 6.43. The van der Waals surface area contributed by atoms with Gasteiger partial charge >= 0.3 is 11.9 Å². The van der Waals surface area contributed by atoms with Crippen molar-refractivity contribution in [2.75, 3.05) is 52.0 Å². The number of morpholine rings is 1. The van der Waals surface area contributed by atoms with Crippen molar-refractivity contribution in [2.45, 2.75) is 5.92 Å². The van der Waals surface area contributed by atoms with Gasteiger partial charge in [-0.15, -0.1) is 0 Å². The lowest BCUT2D eigenvalue weighted by molar-refractivity contribution is -0.139. The Hall–Kier alpha value is -4.82. The summed E-state index contributed by atoms with van der Waals surface area (Å²) in [5.41, 5.74) is 7.23. The molecule has 2 aliphatic rings. The van der Waals surface area contributed by atoms with Crippen LogP contribution in [0.5, 0.6) is 5.75 Å². The highest BCUT2D eigenvalue weighted by molar-refractivity contribution is 6.06. The summed E-state index contributed by atoms with van der Waals surface area (Å²) in [6.45, 7) is 1.85. The number of amides is 1. The average Bonchev–Trinajstić information content (AvgIpc) is 2.99. The van der Waals surface area contributed by atoms with Gasteiger partial charge in [0.05, 0.1) is 50.6 Å². The molecule has 1 atom stereocenters. The second-order valence-corrected chi connectivity index (χ2v) is 8.61. The SMILES string of the molecule is COC(=O)C1=C(C(=O)OC)N(c2ccc(OCC(=O)N3CCOCC3)cc2)C(N)=C(C#N)C1c1ccccc1. The van der Waals surface area contributed by atoms with Crippen LogP contribution >= 0.6 is 0 Å².